The number of rotatable bonds is 4. The van der Waals surface area contributed by atoms with Crippen molar-refractivity contribution < 1.29 is 4.79 Å². The third-order valence-electron chi connectivity index (χ3n) is 4.26. The summed E-state index contributed by atoms with van der Waals surface area (Å²) in [5.74, 6) is 0. The van der Waals surface area contributed by atoms with E-state index in [-0.39, 0.29) is 12.1 Å². The van der Waals surface area contributed by atoms with Crippen molar-refractivity contribution in [2.75, 3.05) is 13.1 Å². The monoisotopic (exact) mass is 298 g/mol. The number of amides is 2. The second-order valence-electron chi connectivity index (χ2n) is 5.67. The van der Waals surface area contributed by atoms with Crippen LogP contribution in [0.2, 0.25) is 0 Å². The van der Waals surface area contributed by atoms with E-state index in [4.69, 9.17) is 0 Å². The van der Waals surface area contributed by atoms with Crippen LogP contribution in [0.5, 0.6) is 0 Å². The standard InChI is InChI=1S/C17H22N4O/c1-14-16-7-3-2-6-15(16)8-13-21(14)17(22)18-9-4-11-20-12-5-10-19-20/h2-3,5-7,10,12,14H,4,8-9,11,13H2,1H3,(H,18,22). The van der Waals surface area contributed by atoms with E-state index in [1.54, 1.807) is 6.20 Å². The van der Waals surface area contributed by atoms with E-state index in [0.717, 1.165) is 25.9 Å². The first-order valence-corrected chi connectivity index (χ1v) is 7.85. The molecule has 0 saturated carbocycles. The van der Waals surface area contributed by atoms with E-state index in [0.29, 0.717) is 6.54 Å². The van der Waals surface area contributed by atoms with Gasteiger partial charge in [0.2, 0.25) is 0 Å². The number of aryl methyl sites for hydroxylation is 1. The van der Waals surface area contributed by atoms with Crippen LogP contribution in [-0.4, -0.2) is 33.8 Å². The van der Waals surface area contributed by atoms with Crippen molar-refractivity contribution >= 4 is 6.03 Å². The van der Waals surface area contributed by atoms with Crippen LogP contribution in [-0.2, 0) is 13.0 Å². The van der Waals surface area contributed by atoms with Gasteiger partial charge in [0.15, 0.2) is 0 Å². The molecule has 116 valence electrons. The van der Waals surface area contributed by atoms with Crippen molar-refractivity contribution in [3.05, 3.63) is 53.9 Å². The van der Waals surface area contributed by atoms with E-state index in [1.807, 2.05) is 27.9 Å². The van der Waals surface area contributed by atoms with Crippen LogP contribution in [0.15, 0.2) is 42.7 Å². The lowest BCUT2D eigenvalue weighted by atomic mass is 9.94. The second kappa shape index (κ2) is 6.64. The molecular weight excluding hydrogens is 276 g/mol. The Hall–Kier alpha value is -2.30. The van der Waals surface area contributed by atoms with Gasteiger partial charge in [0.1, 0.15) is 0 Å². The molecule has 0 saturated heterocycles. The molecule has 0 radical (unpaired) electrons. The molecule has 1 aliphatic heterocycles. The third-order valence-corrected chi connectivity index (χ3v) is 4.26. The van der Waals surface area contributed by atoms with Gasteiger partial charge in [-0.15, -0.1) is 0 Å². The van der Waals surface area contributed by atoms with Gasteiger partial charge in [-0.05, 0) is 37.0 Å². The zero-order valence-electron chi connectivity index (χ0n) is 12.9. The molecule has 1 atom stereocenters. The summed E-state index contributed by atoms with van der Waals surface area (Å²) in [5, 5.41) is 7.18. The first-order chi connectivity index (χ1) is 10.8. The Morgan fingerprint density at radius 1 is 1.36 bits per heavy atom. The Morgan fingerprint density at radius 3 is 3.05 bits per heavy atom. The number of nitrogens with one attached hydrogen (secondary N) is 1. The smallest absolute Gasteiger partial charge is 0.317 e. The van der Waals surface area contributed by atoms with Crippen molar-refractivity contribution in [2.45, 2.75) is 32.4 Å². The molecule has 2 amide bonds. The van der Waals surface area contributed by atoms with E-state index >= 15 is 0 Å². The number of urea groups is 1. The van der Waals surface area contributed by atoms with Gasteiger partial charge in [-0.25, -0.2) is 4.79 Å². The summed E-state index contributed by atoms with van der Waals surface area (Å²) in [7, 11) is 0. The lowest BCUT2D eigenvalue weighted by molar-refractivity contribution is 0.174. The number of carbonyl (C=O) groups excluding carboxylic acids is 1. The van der Waals surface area contributed by atoms with Crippen LogP contribution < -0.4 is 5.32 Å². The maximum atomic E-state index is 12.4. The number of fused-ring (bicyclic) bond motifs is 1. The Kier molecular flexibility index (Phi) is 4.42. The van der Waals surface area contributed by atoms with Gasteiger partial charge in [0.25, 0.3) is 0 Å². The molecule has 2 aromatic rings. The van der Waals surface area contributed by atoms with Gasteiger partial charge >= 0.3 is 6.03 Å². The lowest BCUT2D eigenvalue weighted by Gasteiger charge is -2.35. The highest BCUT2D eigenvalue weighted by atomic mass is 16.2. The predicted octanol–water partition coefficient (Wildman–Crippen LogP) is 2.60. The van der Waals surface area contributed by atoms with Crippen LogP contribution in [0.4, 0.5) is 4.79 Å². The van der Waals surface area contributed by atoms with Crippen LogP contribution in [0, 0.1) is 0 Å². The maximum Gasteiger partial charge on any atom is 0.317 e. The fourth-order valence-corrected chi connectivity index (χ4v) is 3.02. The molecule has 0 bridgehead atoms. The summed E-state index contributed by atoms with van der Waals surface area (Å²) >= 11 is 0. The highest BCUT2D eigenvalue weighted by Crippen LogP contribution is 2.28. The highest BCUT2D eigenvalue weighted by Gasteiger charge is 2.26. The molecule has 0 fully saturated rings. The van der Waals surface area contributed by atoms with E-state index in [2.05, 4.69) is 35.5 Å². The summed E-state index contributed by atoms with van der Waals surface area (Å²) in [6, 6.07) is 10.5. The summed E-state index contributed by atoms with van der Waals surface area (Å²) in [4.78, 5) is 14.3. The quantitative estimate of drug-likeness (QED) is 0.882. The second-order valence-corrected chi connectivity index (χ2v) is 5.67. The predicted molar refractivity (Wildman–Crippen MR) is 85.5 cm³/mol. The minimum atomic E-state index is 0.0301. The molecule has 1 unspecified atom stereocenters. The first kappa shape index (κ1) is 14.6. The van der Waals surface area contributed by atoms with E-state index in [9.17, 15) is 4.79 Å². The van der Waals surface area contributed by atoms with Crippen molar-refractivity contribution in [1.82, 2.24) is 20.0 Å². The molecule has 2 heterocycles. The maximum absolute atomic E-state index is 12.4. The normalized spacial score (nSPS) is 17.1. The van der Waals surface area contributed by atoms with Crippen molar-refractivity contribution in [3.63, 3.8) is 0 Å². The number of carbonyl (C=O) groups is 1. The summed E-state index contributed by atoms with van der Waals surface area (Å²) in [6.07, 6.45) is 5.52. The van der Waals surface area contributed by atoms with Gasteiger partial charge in [0.05, 0.1) is 6.04 Å². The van der Waals surface area contributed by atoms with Crippen LogP contribution in [0.1, 0.15) is 30.5 Å². The SMILES string of the molecule is CC1c2ccccc2CCN1C(=O)NCCCn1cccn1. The molecule has 0 spiro atoms. The molecule has 5 nitrogen and oxygen atoms in total. The number of hydrogen-bond donors (Lipinski definition) is 1. The van der Waals surface area contributed by atoms with E-state index < -0.39 is 0 Å². The first-order valence-electron chi connectivity index (χ1n) is 7.85. The molecule has 5 heteroatoms. The molecule has 22 heavy (non-hydrogen) atoms. The van der Waals surface area contributed by atoms with Gasteiger partial charge in [0, 0.05) is 32.0 Å². The van der Waals surface area contributed by atoms with Gasteiger partial charge in [-0.2, -0.15) is 5.10 Å². The van der Waals surface area contributed by atoms with Gasteiger partial charge < -0.3 is 10.2 Å². The number of benzene rings is 1. The Morgan fingerprint density at radius 2 is 2.23 bits per heavy atom. The largest absolute Gasteiger partial charge is 0.338 e. The summed E-state index contributed by atoms with van der Waals surface area (Å²) < 4.78 is 1.88. The lowest BCUT2D eigenvalue weighted by Crippen LogP contribution is -2.45. The molecule has 1 aliphatic rings. The zero-order chi connectivity index (χ0) is 15.4. The van der Waals surface area contributed by atoms with E-state index in [1.165, 1.54) is 11.1 Å². The zero-order valence-corrected chi connectivity index (χ0v) is 12.9. The summed E-state index contributed by atoms with van der Waals surface area (Å²) in [6.45, 7) is 4.37. The molecule has 1 aromatic carbocycles. The molecule has 1 aromatic heterocycles. The molecule has 3 rings (SSSR count). The Labute approximate surface area is 130 Å². The average molecular weight is 298 g/mol. The summed E-state index contributed by atoms with van der Waals surface area (Å²) in [5.41, 5.74) is 2.62. The molecule has 0 aliphatic carbocycles. The van der Waals surface area contributed by atoms with Crippen LogP contribution in [0.3, 0.4) is 0 Å². The average Bonchev–Trinajstić information content (AvgIpc) is 3.05. The van der Waals surface area contributed by atoms with Crippen molar-refractivity contribution in [2.24, 2.45) is 0 Å². The molecule has 1 N–H and O–H groups in total. The van der Waals surface area contributed by atoms with Gasteiger partial charge in [-0.1, -0.05) is 24.3 Å². The fraction of sp³-hybridized carbons (Fsp3) is 0.412. The number of nitrogens with zero attached hydrogens (tertiary/aromatic N) is 3. The Balaban J connectivity index is 1.50. The van der Waals surface area contributed by atoms with Crippen molar-refractivity contribution in [3.8, 4) is 0 Å². The Bertz CT molecular complexity index is 623. The van der Waals surface area contributed by atoms with Crippen LogP contribution >= 0.6 is 0 Å². The van der Waals surface area contributed by atoms with Crippen molar-refractivity contribution in [1.29, 1.82) is 0 Å². The minimum absolute atomic E-state index is 0.0301. The van der Waals surface area contributed by atoms with Gasteiger partial charge in [-0.3, -0.25) is 4.68 Å². The topological polar surface area (TPSA) is 50.2 Å². The minimum Gasteiger partial charge on any atom is -0.338 e. The highest BCUT2D eigenvalue weighted by molar-refractivity contribution is 5.75. The fourth-order valence-electron chi connectivity index (χ4n) is 3.02. The number of aromatic nitrogens is 2. The number of hydrogen-bond acceptors (Lipinski definition) is 2. The van der Waals surface area contributed by atoms with Crippen LogP contribution in [0.25, 0.3) is 0 Å². The molecular formula is C17H22N4O. The third kappa shape index (κ3) is 3.13.